The van der Waals surface area contributed by atoms with Crippen molar-refractivity contribution in [3.63, 3.8) is 0 Å². The van der Waals surface area contributed by atoms with E-state index >= 15 is 0 Å². The summed E-state index contributed by atoms with van der Waals surface area (Å²) in [6, 6.07) is 10.5. The minimum Gasteiger partial charge on any atom is -1.00 e. The van der Waals surface area contributed by atoms with Gasteiger partial charge in [0.25, 0.3) is 0 Å². The van der Waals surface area contributed by atoms with Crippen LogP contribution >= 0.6 is 0 Å². The van der Waals surface area contributed by atoms with Crippen LogP contribution in [0.25, 0.3) is 0 Å². The van der Waals surface area contributed by atoms with E-state index in [1.807, 2.05) is 0 Å². The van der Waals surface area contributed by atoms with Gasteiger partial charge >= 0.3 is 21.1 Å². The number of hydrogen-bond acceptors (Lipinski definition) is 3. The van der Waals surface area contributed by atoms with Crippen molar-refractivity contribution in [3.05, 3.63) is 60.2 Å². The zero-order valence-electron chi connectivity index (χ0n) is 9.25. The molecule has 0 aliphatic carbocycles. The number of rotatable bonds is 2. The molecule has 0 amide bonds. The molecule has 0 saturated carbocycles. The van der Waals surface area contributed by atoms with Crippen molar-refractivity contribution < 1.29 is 75.5 Å². The summed E-state index contributed by atoms with van der Waals surface area (Å²) in [5.41, 5.74) is 0.845. The number of hydrogen-bond donors (Lipinski definition) is 0. The number of nitrogens with zero attached hydrogens (tertiary/aromatic N) is 2. The summed E-state index contributed by atoms with van der Waals surface area (Å²) in [7, 11) is 0. The first-order chi connectivity index (χ1) is 6.88. The third-order valence-electron chi connectivity index (χ3n) is 1.80. The van der Waals surface area contributed by atoms with Crippen molar-refractivity contribution >= 4 is 5.78 Å². The fourth-order valence-electron chi connectivity index (χ4n) is 1.13. The van der Waals surface area contributed by atoms with E-state index < -0.39 is 0 Å². The van der Waals surface area contributed by atoms with E-state index in [0.29, 0.717) is 11.4 Å². The largest absolute Gasteiger partial charge is 4.00 e. The minimum absolute atomic E-state index is 0. The Morgan fingerprint density at radius 3 is 1.37 bits per heavy atom. The van der Waals surface area contributed by atoms with Gasteiger partial charge in [0, 0.05) is 12.4 Å². The Balaban J connectivity index is -0.000000225. The van der Waals surface area contributed by atoms with Crippen molar-refractivity contribution in [2.45, 2.75) is 0 Å². The normalized spacial score (nSPS) is 7.16. The second-order valence-electron chi connectivity index (χ2n) is 2.76. The van der Waals surface area contributed by atoms with Crippen molar-refractivity contribution in [1.29, 1.82) is 0 Å². The molecule has 0 N–H and O–H groups in total. The van der Waals surface area contributed by atoms with Gasteiger partial charge in [-0.3, -0.25) is 14.8 Å². The van der Waals surface area contributed by atoms with E-state index in [0.717, 1.165) is 0 Å². The van der Waals surface area contributed by atoms with Gasteiger partial charge in [-0.15, -0.1) is 0 Å². The summed E-state index contributed by atoms with van der Waals surface area (Å²) in [6.45, 7) is 0. The van der Waals surface area contributed by atoms with E-state index in [1.165, 1.54) is 0 Å². The molecule has 8 heteroatoms. The van der Waals surface area contributed by atoms with Crippen LogP contribution in [0.4, 0.5) is 0 Å². The molecule has 0 aromatic carbocycles. The van der Waals surface area contributed by atoms with Crippen molar-refractivity contribution in [3.8, 4) is 0 Å². The van der Waals surface area contributed by atoms with Gasteiger partial charge < -0.3 is 49.6 Å². The van der Waals surface area contributed by atoms with Gasteiger partial charge in [-0.1, -0.05) is 12.1 Å². The fraction of sp³-hybridized carbons (Fsp3) is 0. The van der Waals surface area contributed by atoms with Gasteiger partial charge in [0.1, 0.15) is 11.4 Å². The molecular weight excluding hydrogens is 513 g/mol. The topological polar surface area (TPSA) is 42.9 Å². The molecule has 0 spiro atoms. The van der Waals surface area contributed by atoms with Crippen LogP contribution in [0.2, 0.25) is 0 Å². The predicted octanol–water partition coefficient (Wildman–Crippen LogP) is -10.3. The summed E-state index contributed by atoms with van der Waals surface area (Å²) in [5.74, 6) is -0.147. The van der Waals surface area contributed by atoms with E-state index in [4.69, 9.17) is 0 Å². The monoisotopic (exact) mass is 519 g/mol. The van der Waals surface area contributed by atoms with Gasteiger partial charge in [-0.2, -0.15) is 0 Å². The Labute approximate surface area is 150 Å². The average Bonchev–Trinajstić information content (AvgIpc) is 2.30. The molecule has 2 rings (SSSR count). The Hall–Kier alpha value is -0.182. The van der Waals surface area contributed by atoms with E-state index in [9.17, 15) is 4.79 Å². The van der Waals surface area contributed by atoms with E-state index in [2.05, 4.69) is 9.97 Å². The van der Waals surface area contributed by atoms with Gasteiger partial charge in [0.15, 0.2) is 0 Å². The molecule has 2 aromatic rings. The minimum atomic E-state index is -0.147. The maximum Gasteiger partial charge on any atom is 4.00 e. The van der Waals surface area contributed by atoms with Crippen LogP contribution in [-0.4, -0.2) is 15.8 Å². The second kappa shape index (κ2) is 14.2. The molecule has 106 valence electrons. The molecule has 0 radical (unpaired) electrons. The molecule has 0 bridgehead atoms. The maximum atomic E-state index is 11.7. The van der Waals surface area contributed by atoms with Crippen LogP contribution < -0.4 is 49.6 Å². The predicted molar refractivity (Wildman–Crippen MR) is 51.9 cm³/mol. The molecule has 3 nitrogen and oxygen atoms in total. The Morgan fingerprint density at radius 2 is 1.11 bits per heavy atom. The van der Waals surface area contributed by atoms with Crippen molar-refractivity contribution in [2.24, 2.45) is 0 Å². The summed E-state index contributed by atoms with van der Waals surface area (Å²) in [6.07, 6.45) is 3.19. The molecule has 0 unspecified atom stereocenters. The molecule has 0 saturated heterocycles. The summed E-state index contributed by atoms with van der Waals surface area (Å²) in [4.78, 5) is 19.7. The number of ketones is 1. The van der Waals surface area contributed by atoms with E-state index in [1.54, 1.807) is 48.8 Å². The van der Waals surface area contributed by atoms with Crippen molar-refractivity contribution in [1.82, 2.24) is 9.97 Å². The average molecular weight is 521 g/mol. The first-order valence-electron chi connectivity index (χ1n) is 4.25. The number of carbonyl (C=O) groups excluding carboxylic acids is 1. The van der Waals surface area contributed by atoms with Gasteiger partial charge in [-0.25, -0.2) is 0 Å². The first kappa shape index (κ1) is 27.2. The van der Waals surface area contributed by atoms with Crippen LogP contribution in [-0.2, 0) is 21.1 Å². The summed E-state index contributed by atoms with van der Waals surface area (Å²) < 4.78 is 0. The molecule has 2 heterocycles. The Kier molecular flexibility index (Phi) is 20.4. The zero-order chi connectivity index (χ0) is 9.80. The van der Waals surface area contributed by atoms with Gasteiger partial charge in [0.2, 0.25) is 5.78 Å². The zero-order valence-corrected chi connectivity index (χ0v) is 14.5. The van der Waals surface area contributed by atoms with Crippen LogP contribution in [0, 0.1) is 0 Å². The molecule has 2 aromatic heterocycles. The smallest absolute Gasteiger partial charge is 1.00 e. The Morgan fingerprint density at radius 1 is 0.737 bits per heavy atom. The van der Waals surface area contributed by atoms with E-state index in [-0.39, 0.29) is 76.5 Å². The standard InChI is InChI=1S/C11H8N2O.4ClH.Pt/c14-11(9-5-1-3-7-12-9)10-6-2-4-8-13-10;;;;;/h1-8H;4*1H;/q;;;;;+4/p-4. The van der Waals surface area contributed by atoms with Crippen LogP contribution in [0.5, 0.6) is 0 Å². The fourth-order valence-corrected chi connectivity index (χ4v) is 1.13. The van der Waals surface area contributed by atoms with Crippen LogP contribution in [0.15, 0.2) is 48.8 Å². The van der Waals surface area contributed by atoms with Gasteiger partial charge in [-0.05, 0) is 24.3 Å². The third-order valence-corrected chi connectivity index (χ3v) is 1.80. The summed E-state index contributed by atoms with van der Waals surface area (Å²) >= 11 is 0. The quantitative estimate of drug-likeness (QED) is 0.370. The van der Waals surface area contributed by atoms with Crippen molar-refractivity contribution in [2.75, 3.05) is 0 Å². The molecule has 0 atom stereocenters. The third kappa shape index (κ3) is 7.86. The Bertz CT molecular complexity index is 403. The van der Waals surface area contributed by atoms with Crippen LogP contribution in [0.1, 0.15) is 16.2 Å². The molecule has 0 aliphatic rings. The van der Waals surface area contributed by atoms with Crippen LogP contribution in [0.3, 0.4) is 0 Å². The SMILES string of the molecule is O=C(c1ccccn1)c1ccccn1.[Cl-].[Cl-].[Cl-].[Cl-].[Pt+4]. The second-order valence-corrected chi connectivity index (χ2v) is 2.76. The number of pyridine rings is 2. The molecule has 19 heavy (non-hydrogen) atoms. The van der Waals surface area contributed by atoms with Gasteiger partial charge in [0.05, 0.1) is 0 Å². The number of halogens is 4. The molecule has 0 fully saturated rings. The molecule has 0 aliphatic heterocycles. The number of carbonyl (C=O) groups is 1. The maximum absolute atomic E-state index is 11.7. The number of aromatic nitrogens is 2. The molecular formula is C11H8Cl4N2OPt. The first-order valence-corrected chi connectivity index (χ1v) is 4.25. The summed E-state index contributed by atoms with van der Waals surface area (Å²) in [5, 5.41) is 0.